The van der Waals surface area contributed by atoms with Crippen molar-refractivity contribution in [1.29, 1.82) is 0 Å². The maximum Gasteiger partial charge on any atom is 0.253 e. The van der Waals surface area contributed by atoms with E-state index in [2.05, 4.69) is 11.8 Å². The zero-order valence-corrected chi connectivity index (χ0v) is 16.6. The fraction of sp³-hybridized carbons (Fsp3) is 0.391. The molecule has 0 radical (unpaired) electrons. The second-order valence-corrected chi connectivity index (χ2v) is 7.92. The molecular weight excluding hydrogens is 350 g/mol. The SMILES string of the molecule is CCc1ccc(C(=O)N2CC[C@@]3(C2)CN(c2ccccc2)C(=O)CN3C)cc1. The number of hydrogen-bond acceptors (Lipinski definition) is 3. The Labute approximate surface area is 166 Å². The zero-order valence-electron chi connectivity index (χ0n) is 16.6. The lowest BCUT2D eigenvalue weighted by atomic mass is 9.92. The largest absolute Gasteiger partial charge is 0.337 e. The lowest BCUT2D eigenvalue weighted by Crippen LogP contribution is -2.64. The van der Waals surface area contributed by atoms with E-state index in [1.807, 2.05) is 71.4 Å². The number of para-hydroxylation sites is 1. The van der Waals surface area contributed by atoms with Crippen molar-refractivity contribution in [3.63, 3.8) is 0 Å². The molecule has 2 amide bonds. The van der Waals surface area contributed by atoms with E-state index in [-0.39, 0.29) is 17.4 Å². The van der Waals surface area contributed by atoms with Gasteiger partial charge in [0.2, 0.25) is 5.91 Å². The molecule has 2 aliphatic heterocycles. The molecule has 2 saturated heterocycles. The fourth-order valence-electron chi connectivity index (χ4n) is 4.34. The highest BCUT2D eigenvalue weighted by Gasteiger charge is 2.48. The molecule has 0 unspecified atom stereocenters. The van der Waals surface area contributed by atoms with Crippen LogP contribution in [0.2, 0.25) is 0 Å². The number of anilines is 1. The van der Waals surface area contributed by atoms with Gasteiger partial charge in [-0.1, -0.05) is 37.3 Å². The highest BCUT2D eigenvalue weighted by atomic mass is 16.2. The molecule has 1 atom stereocenters. The number of piperazine rings is 1. The van der Waals surface area contributed by atoms with Gasteiger partial charge in [0.1, 0.15) is 0 Å². The van der Waals surface area contributed by atoms with Gasteiger partial charge in [0, 0.05) is 30.9 Å². The molecule has 2 fully saturated rings. The van der Waals surface area contributed by atoms with Crippen molar-refractivity contribution in [2.45, 2.75) is 25.3 Å². The van der Waals surface area contributed by atoms with Crippen molar-refractivity contribution in [3.05, 3.63) is 65.7 Å². The third kappa shape index (κ3) is 3.31. The molecule has 2 heterocycles. The quantitative estimate of drug-likeness (QED) is 0.826. The number of amides is 2. The van der Waals surface area contributed by atoms with Crippen LogP contribution in [0.1, 0.15) is 29.3 Å². The molecule has 0 aliphatic carbocycles. The van der Waals surface area contributed by atoms with Crippen molar-refractivity contribution in [2.24, 2.45) is 0 Å². The Hall–Kier alpha value is -2.66. The van der Waals surface area contributed by atoms with Crippen LogP contribution in [0.15, 0.2) is 54.6 Å². The van der Waals surface area contributed by atoms with Gasteiger partial charge in [-0.25, -0.2) is 0 Å². The minimum Gasteiger partial charge on any atom is -0.337 e. The molecule has 4 rings (SSSR count). The van der Waals surface area contributed by atoms with E-state index in [0.717, 1.165) is 30.6 Å². The minimum absolute atomic E-state index is 0.0797. The van der Waals surface area contributed by atoms with Crippen molar-refractivity contribution >= 4 is 17.5 Å². The number of nitrogens with zero attached hydrogens (tertiary/aromatic N) is 3. The first kappa shape index (κ1) is 18.7. The summed E-state index contributed by atoms with van der Waals surface area (Å²) >= 11 is 0. The van der Waals surface area contributed by atoms with Crippen LogP contribution in [0.4, 0.5) is 5.69 Å². The Kier molecular flexibility index (Phi) is 4.94. The molecule has 2 aromatic carbocycles. The van der Waals surface area contributed by atoms with Gasteiger partial charge in [0.25, 0.3) is 5.91 Å². The van der Waals surface area contributed by atoms with Crippen LogP contribution in [0.3, 0.4) is 0 Å². The van der Waals surface area contributed by atoms with E-state index in [1.165, 1.54) is 5.56 Å². The van der Waals surface area contributed by atoms with Gasteiger partial charge in [-0.3, -0.25) is 14.5 Å². The summed E-state index contributed by atoms with van der Waals surface area (Å²) in [7, 11) is 2.00. The molecule has 146 valence electrons. The lowest BCUT2D eigenvalue weighted by molar-refractivity contribution is -0.123. The Bertz CT molecular complexity index is 865. The first-order chi connectivity index (χ1) is 13.5. The van der Waals surface area contributed by atoms with Gasteiger partial charge in [0.05, 0.1) is 12.1 Å². The maximum absolute atomic E-state index is 13.0. The Morgan fingerprint density at radius 1 is 1.04 bits per heavy atom. The number of hydrogen-bond donors (Lipinski definition) is 0. The van der Waals surface area contributed by atoms with Crippen molar-refractivity contribution in [3.8, 4) is 0 Å². The summed E-state index contributed by atoms with van der Waals surface area (Å²) in [5.41, 5.74) is 2.71. The third-order valence-corrected chi connectivity index (χ3v) is 6.23. The highest BCUT2D eigenvalue weighted by molar-refractivity contribution is 5.97. The lowest BCUT2D eigenvalue weighted by Gasteiger charge is -2.46. The predicted octanol–water partition coefficient (Wildman–Crippen LogP) is 2.81. The Balaban J connectivity index is 1.53. The zero-order chi connectivity index (χ0) is 19.7. The summed E-state index contributed by atoms with van der Waals surface area (Å²) in [5, 5.41) is 0. The smallest absolute Gasteiger partial charge is 0.253 e. The molecule has 2 aliphatic rings. The van der Waals surface area contributed by atoms with E-state index in [9.17, 15) is 9.59 Å². The minimum atomic E-state index is -0.192. The number of rotatable bonds is 3. The van der Waals surface area contributed by atoms with Crippen LogP contribution < -0.4 is 4.90 Å². The molecule has 2 aromatic rings. The second kappa shape index (κ2) is 7.40. The van der Waals surface area contributed by atoms with E-state index in [4.69, 9.17) is 0 Å². The fourth-order valence-corrected chi connectivity index (χ4v) is 4.34. The topological polar surface area (TPSA) is 43.9 Å². The van der Waals surface area contributed by atoms with Crippen LogP contribution >= 0.6 is 0 Å². The molecule has 0 bridgehead atoms. The van der Waals surface area contributed by atoms with Gasteiger partial charge in [-0.2, -0.15) is 0 Å². The highest BCUT2D eigenvalue weighted by Crippen LogP contribution is 2.34. The number of likely N-dealkylation sites (N-methyl/N-ethyl adjacent to an activating group) is 1. The predicted molar refractivity (Wildman–Crippen MR) is 110 cm³/mol. The summed E-state index contributed by atoms with van der Waals surface area (Å²) in [4.78, 5) is 31.6. The normalized spacial score (nSPS) is 22.9. The van der Waals surface area contributed by atoms with E-state index in [0.29, 0.717) is 19.6 Å². The number of likely N-dealkylation sites (tertiary alicyclic amines) is 1. The molecule has 5 heteroatoms. The van der Waals surface area contributed by atoms with Crippen LogP contribution in [0, 0.1) is 0 Å². The third-order valence-electron chi connectivity index (χ3n) is 6.23. The van der Waals surface area contributed by atoms with E-state index in [1.54, 1.807) is 0 Å². The summed E-state index contributed by atoms with van der Waals surface area (Å²) in [5.74, 6) is 0.190. The maximum atomic E-state index is 13.0. The second-order valence-electron chi connectivity index (χ2n) is 7.92. The van der Waals surface area contributed by atoms with Gasteiger partial charge >= 0.3 is 0 Å². The number of benzene rings is 2. The van der Waals surface area contributed by atoms with Gasteiger partial charge in [-0.15, -0.1) is 0 Å². The Morgan fingerprint density at radius 3 is 2.43 bits per heavy atom. The Morgan fingerprint density at radius 2 is 1.75 bits per heavy atom. The summed E-state index contributed by atoms with van der Waals surface area (Å²) in [6.07, 6.45) is 1.84. The summed E-state index contributed by atoms with van der Waals surface area (Å²) in [6, 6.07) is 17.7. The molecule has 0 saturated carbocycles. The van der Waals surface area contributed by atoms with Gasteiger partial charge in [0.15, 0.2) is 0 Å². The van der Waals surface area contributed by atoms with Crippen LogP contribution in [0.25, 0.3) is 0 Å². The standard InChI is InChI=1S/C23H27N3O2/c1-3-18-9-11-19(12-10-18)22(28)25-14-13-23(16-25)17-26(21(27)15-24(23)2)20-7-5-4-6-8-20/h4-12H,3,13-17H2,1-2H3/t23-/m1/s1. The van der Waals surface area contributed by atoms with E-state index >= 15 is 0 Å². The van der Waals surface area contributed by atoms with Crippen molar-refractivity contribution in [2.75, 3.05) is 38.1 Å². The molecular formula is C23H27N3O2. The molecule has 1 spiro atoms. The van der Waals surface area contributed by atoms with E-state index < -0.39 is 0 Å². The summed E-state index contributed by atoms with van der Waals surface area (Å²) < 4.78 is 0. The number of aryl methyl sites for hydroxylation is 1. The van der Waals surface area contributed by atoms with Crippen LogP contribution in [0.5, 0.6) is 0 Å². The van der Waals surface area contributed by atoms with Crippen LogP contribution in [-0.4, -0.2) is 60.4 Å². The van der Waals surface area contributed by atoms with Crippen LogP contribution in [-0.2, 0) is 11.2 Å². The summed E-state index contributed by atoms with van der Waals surface area (Å²) in [6.45, 7) is 4.47. The van der Waals surface area contributed by atoms with Crippen molar-refractivity contribution < 1.29 is 9.59 Å². The molecule has 0 N–H and O–H groups in total. The average molecular weight is 377 g/mol. The van der Waals surface area contributed by atoms with Gasteiger partial charge < -0.3 is 9.80 Å². The number of carbonyl (C=O) groups excluding carboxylic acids is 2. The molecule has 28 heavy (non-hydrogen) atoms. The monoisotopic (exact) mass is 377 g/mol. The number of carbonyl (C=O) groups is 2. The molecule has 0 aromatic heterocycles. The molecule has 5 nitrogen and oxygen atoms in total. The first-order valence-electron chi connectivity index (χ1n) is 9.97. The van der Waals surface area contributed by atoms with Crippen molar-refractivity contribution in [1.82, 2.24) is 9.80 Å². The van der Waals surface area contributed by atoms with Gasteiger partial charge in [-0.05, 0) is 49.7 Å². The average Bonchev–Trinajstić information content (AvgIpc) is 3.16. The first-order valence-corrected chi connectivity index (χ1v) is 9.97.